The lowest BCUT2D eigenvalue weighted by molar-refractivity contribution is -0.110. The largest absolute Gasteiger partial charge is 0.496 e. The molecule has 5 heteroatoms. The number of hydrogen-bond acceptors (Lipinski definition) is 2. The summed E-state index contributed by atoms with van der Waals surface area (Å²) in [6.07, 6.45) is 1.92. The number of benzene rings is 2. The maximum Gasteiger partial charge on any atom is 0.256 e. The van der Waals surface area contributed by atoms with E-state index in [1.54, 1.807) is 7.11 Å². The normalized spacial score (nSPS) is 14.8. The number of carbonyl (C=O) groups is 1. The zero-order valence-electron chi connectivity index (χ0n) is 13.0. The van der Waals surface area contributed by atoms with E-state index in [0.29, 0.717) is 5.57 Å². The van der Waals surface area contributed by atoms with Crippen molar-refractivity contribution in [2.45, 2.75) is 13.8 Å². The molecule has 2 aromatic rings. The highest BCUT2D eigenvalue weighted by Crippen LogP contribution is 2.43. The molecular formula is C18H15Br2NO2. The molecule has 0 radical (unpaired) electrons. The Balaban J connectivity index is 2.16. The van der Waals surface area contributed by atoms with Gasteiger partial charge in [0.05, 0.1) is 12.8 Å². The summed E-state index contributed by atoms with van der Waals surface area (Å²) < 4.78 is 7.12. The van der Waals surface area contributed by atoms with Gasteiger partial charge in [-0.05, 0) is 70.7 Å². The molecule has 0 saturated carbocycles. The summed E-state index contributed by atoms with van der Waals surface area (Å²) >= 11 is 7.06. The van der Waals surface area contributed by atoms with Crippen LogP contribution in [-0.2, 0) is 4.79 Å². The topological polar surface area (TPSA) is 38.3 Å². The van der Waals surface area contributed by atoms with Crippen LogP contribution in [0.5, 0.6) is 5.75 Å². The summed E-state index contributed by atoms with van der Waals surface area (Å²) in [6.45, 7) is 3.99. The highest BCUT2D eigenvalue weighted by atomic mass is 79.9. The van der Waals surface area contributed by atoms with E-state index >= 15 is 0 Å². The van der Waals surface area contributed by atoms with Crippen molar-refractivity contribution in [1.82, 2.24) is 0 Å². The number of ether oxygens (including phenoxy) is 1. The van der Waals surface area contributed by atoms with Crippen LogP contribution in [0.2, 0.25) is 0 Å². The molecule has 1 aliphatic heterocycles. The van der Waals surface area contributed by atoms with Gasteiger partial charge in [-0.1, -0.05) is 22.0 Å². The first-order valence-corrected chi connectivity index (χ1v) is 8.67. The Bertz CT molecular complexity index is 857. The van der Waals surface area contributed by atoms with E-state index in [0.717, 1.165) is 42.6 Å². The van der Waals surface area contributed by atoms with Gasteiger partial charge in [0.1, 0.15) is 5.75 Å². The van der Waals surface area contributed by atoms with E-state index < -0.39 is 0 Å². The third-order valence-electron chi connectivity index (χ3n) is 3.96. The second-order valence-electron chi connectivity index (χ2n) is 5.46. The lowest BCUT2D eigenvalue weighted by Crippen LogP contribution is -2.03. The summed E-state index contributed by atoms with van der Waals surface area (Å²) in [7, 11) is 1.65. The van der Waals surface area contributed by atoms with Gasteiger partial charge < -0.3 is 10.1 Å². The second kappa shape index (κ2) is 6.13. The second-order valence-corrected chi connectivity index (χ2v) is 7.17. The van der Waals surface area contributed by atoms with Gasteiger partial charge in [-0.2, -0.15) is 0 Å². The first kappa shape index (κ1) is 16.3. The van der Waals surface area contributed by atoms with Gasteiger partial charge in [-0.25, -0.2) is 0 Å². The molecule has 118 valence electrons. The zero-order chi connectivity index (χ0) is 16.7. The summed E-state index contributed by atoms with van der Waals surface area (Å²) in [5, 5.41) is 2.94. The van der Waals surface area contributed by atoms with Crippen molar-refractivity contribution in [1.29, 1.82) is 0 Å². The van der Waals surface area contributed by atoms with Crippen LogP contribution in [0.15, 0.2) is 33.2 Å². The predicted molar refractivity (Wildman–Crippen MR) is 101 cm³/mol. The third kappa shape index (κ3) is 2.83. The Morgan fingerprint density at radius 3 is 2.52 bits per heavy atom. The monoisotopic (exact) mass is 435 g/mol. The number of hydrogen-bond donors (Lipinski definition) is 1. The molecule has 0 saturated heterocycles. The highest BCUT2D eigenvalue weighted by molar-refractivity contribution is 9.11. The third-order valence-corrected chi connectivity index (χ3v) is 5.41. The number of carbonyl (C=O) groups excluding carboxylic acids is 1. The van der Waals surface area contributed by atoms with Crippen LogP contribution in [-0.4, -0.2) is 13.0 Å². The molecule has 0 aromatic heterocycles. The van der Waals surface area contributed by atoms with Crippen molar-refractivity contribution in [2.75, 3.05) is 12.4 Å². The molecule has 1 N–H and O–H groups in total. The Labute approximate surface area is 152 Å². The zero-order valence-corrected chi connectivity index (χ0v) is 16.1. The number of fused-ring (bicyclic) bond motifs is 1. The number of amides is 1. The molecule has 0 atom stereocenters. The molecule has 0 unspecified atom stereocenters. The molecule has 0 bridgehead atoms. The smallest absolute Gasteiger partial charge is 0.256 e. The number of nitrogens with one attached hydrogen (secondary N) is 1. The average molecular weight is 437 g/mol. The molecular weight excluding hydrogens is 422 g/mol. The Morgan fingerprint density at radius 1 is 1.13 bits per heavy atom. The fourth-order valence-electron chi connectivity index (χ4n) is 2.77. The standard InChI is InChI=1S/C18H15Br2NO2/c1-9-6-11(4-5-15(9)23-3)7-12-16-10(2)13(19)8-14(20)17(16)21-18(12)22/h4-8H,1-3H3,(H,21,22). The first-order chi connectivity index (χ1) is 10.9. The SMILES string of the molecule is COc1ccc(C=C2C(=O)Nc3c(Br)cc(Br)c(C)c32)cc1C. The lowest BCUT2D eigenvalue weighted by Gasteiger charge is -2.09. The van der Waals surface area contributed by atoms with E-state index in [1.807, 2.05) is 44.2 Å². The number of halogens is 2. The maximum absolute atomic E-state index is 12.4. The maximum atomic E-state index is 12.4. The molecule has 3 nitrogen and oxygen atoms in total. The van der Waals surface area contributed by atoms with Gasteiger partial charge in [0.15, 0.2) is 0 Å². The summed E-state index contributed by atoms with van der Waals surface area (Å²) in [5.41, 5.74) is 5.48. The molecule has 23 heavy (non-hydrogen) atoms. The summed E-state index contributed by atoms with van der Waals surface area (Å²) in [4.78, 5) is 12.4. The van der Waals surface area contributed by atoms with Gasteiger partial charge in [0.2, 0.25) is 0 Å². The molecule has 1 aliphatic rings. The van der Waals surface area contributed by atoms with Crippen LogP contribution in [0, 0.1) is 13.8 Å². The first-order valence-electron chi connectivity index (χ1n) is 7.09. The summed E-state index contributed by atoms with van der Waals surface area (Å²) in [5.74, 6) is 0.750. The number of methoxy groups -OCH3 is 1. The van der Waals surface area contributed by atoms with Gasteiger partial charge in [-0.3, -0.25) is 4.79 Å². The minimum atomic E-state index is -0.0876. The molecule has 1 heterocycles. The van der Waals surface area contributed by atoms with Crippen molar-refractivity contribution in [3.05, 3.63) is 55.5 Å². The van der Waals surface area contributed by atoms with Gasteiger partial charge >= 0.3 is 0 Å². The number of aryl methyl sites for hydroxylation is 1. The molecule has 1 amide bonds. The van der Waals surface area contributed by atoms with Crippen LogP contribution >= 0.6 is 31.9 Å². The molecule has 0 spiro atoms. The molecule has 3 rings (SSSR count). The lowest BCUT2D eigenvalue weighted by atomic mass is 9.99. The van der Waals surface area contributed by atoms with Gasteiger partial charge in [0, 0.05) is 20.1 Å². The number of anilines is 1. The minimum absolute atomic E-state index is 0.0876. The quantitative estimate of drug-likeness (QED) is 0.646. The van der Waals surface area contributed by atoms with E-state index in [4.69, 9.17) is 4.74 Å². The number of rotatable bonds is 2. The van der Waals surface area contributed by atoms with Crippen LogP contribution in [0.4, 0.5) is 5.69 Å². The fourth-order valence-corrected chi connectivity index (χ4v) is 4.03. The van der Waals surface area contributed by atoms with Crippen molar-refractivity contribution >= 4 is 55.1 Å². The Hall–Kier alpha value is -1.59. The van der Waals surface area contributed by atoms with Crippen molar-refractivity contribution < 1.29 is 9.53 Å². The molecule has 0 fully saturated rings. The van der Waals surface area contributed by atoms with Crippen molar-refractivity contribution in [3.8, 4) is 5.75 Å². The van der Waals surface area contributed by atoms with Gasteiger partial charge in [0.25, 0.3) is 5.91 Å². The Morgan fingerprint density at radius 2 is 1.87 bits per heavy atom. The highest BCUT2D eigenvalue weighted by Gasteiger charge is 2.29. The van der Waals surface area contributed by atoms with E-state index in [9.17, 15) is 4.79 Å². The van der Waals surface area contributed by atoms with Crippen molar-refractivity contribution in [3.63, 3.8) is 0 Å². The van der Waals surface area contributed by atoms with E-state index in [2.05, 4.69) is 37.2 Å². The molecule has 2 aromatic carbocycles. The predicted octanol–water partition coefficient (Wildman–Crippen LogP) is 5.33. The van der Waals surface area contributed by atoms with Crippen LogP contribution in [0.3, 0.4) is 0 Å². The van der Waals surface area contributed by atoms with Gasteiger partial charge in [-0.15, -0.1) is 0 Å². The van der Waals surface area contributed by atoms with Crippen LogP contribution in [0.1, 0.15) is 22.3 Å². The van der Waals surface area contributed by atoms with Crippen molar-refractivity contribution in [2.24, 2.45) is 0 Å². The van der Waals surface area contributed by atoms with Crippen LogP contribution in [0.25, 0.3) is 11.6 Å². The Kier molecular flexibility index (Phi) is 4.34. The average Bonchev–Trinajstić information content (AvgIpc) is 2.83. The minimum Gasteiger partial charge on any atom is -0.496 e. The molecule has 0 aliphatic carbocycles. The fraction of sp³-hybridized carbons (Fsp3) is 0.167. The van der Waals surface area contributed by atoms with Crippen LogP contribution < -0.4 is 10.1 Å². The summed E-state index contributed by atoms with van der Waals surface area (Å²) in [6, 6.07) is 7.83. The van der Waals surface area contributed by atoms with E-state index in [1.165, 1.54) is 0 Å². The van der Waals surface area contributed by atoms with E-state index in [-0.39, 0.29) is 5.91 Å².